The molecule has 140 valence electrons. The second kappa shape index (κ2) is 8.03. The van der Waals surface area contributed by atoms with Gasteiger partial charge in [0, 0.05) is 16.6 Å². The molecule has 1 heterocycles. The van der Waals surface area contributed by atoms with Crippen molar-refractivity contribution < 1.29 is 13.2 Å². The van der Waals surface area contributed by atoms with Crippen molar-refractivity contribution in [3.63, 3.8) is 0 Å². The molecule has 0 aliphatic carbocycles. The summed E-state index contributed by atoms with van der Waals surface area (Å²) < 4.78 is 23.4. The van der Waals surface area contributed by atoms with Gasteiger partial charge in [0.25, 0.3) is 5.91 Å². The SMILES string of the molecule is NS(=O)(=O)c1ccc(CCNC(=O)c2cn[nH]c2-c2cccc(Br)c2)cc1. The quantitative estimate of drug-likeness (QED) is 0.536. The molecule has 0 fully saturated rings. The molecule has 0 spiro atoms. The zero-order chi connectivity index (χ0) is 19.4. The Morgan fingerprint density at radius 3 is 2.59 bits per heavy atom. The number of H-pyrrole nitrogens is 1. The summed E-state index contributed by atoms with van der Waals surface area (Å²) in [5, 5.41) is 14.8. The smallest absolute Gasteiger partial charge is 0.255 e. The summed E-state index contributed by atoms with van der Waals surface area (Å²) in [6, 6.07) is 13.8. The van der Waals surface area contributed by atoms with Crippen LogP contribution in [0.3, 0.4) is 0 Å². The molecule has 27 heavy (non-hydrogen) atoms. The molecule has 0 radical (unpaired) electrons. The molecular weight excluding hydrogens is 432 g/mol. The highest BCUT2D eigenvalue weighted by Gasteiger charge is 2.15. The van der Waals surface area contributed by atoms with Crippen LogP contribution >= 0.6 is 15.9 Å². The van der Waals surface area contributed by atoms with Crippen molar-refractivity contribution >= 4 is 31.9 Å². The fourth-order valence-corrected chi connectivity index (χ4v) is 3.50. The summed E-state index contributed by atoms with van der Waals surface area (Å²) in [6.07, 6.45) is 2.05. The highest BCUT2D eigenvalue weighted by Crippen LogP contribution is 2.24. The van der Waals surface area contributed by atoms with E-state index in [1.54, 1.807) is 12.1 Å². The Morgan fingerprint density at radius 1 is 1.19 bits per heavy atom. The molecule has 0 unspecified atom stereocenters. The minimum atomic E-state index is -3.70. The van der Waals surface area contributed by atoms with Crippen LogP contribution < -0.4 is 10.5 Å². The number of nitrogens with two attached hydrogens (primary N) is 1. The van der Waals surface area contributed by atoms with Crippen LogP contribution in [-0.4, -0.2) is 31.1 Å². The molecule has 0 saturated heterocycles. The zero-order valence-electron chi connectivity index (χ0n) is 14.1. The Hall–Kier alpha value is -2.49. The number of primary sulfonamides is 1. The highest BCUT2D eigenvalue weighted by atomic mass is 79.9. The largest absolute Gasteiger partial charge is 0.352 e. The maximum atomic E-state index is 12.5. The lowest BCUT2D eigenvalue weighted by atomic mass is 10.1. The van der Waals surface area contributed by atoms with Gasteiger partial charge in [-0.2, -0.15) is 5.10 Å². The second-order valence-electron chi connectivity index (χ2n) is 5.86. The van der Waals surface area contributed by atoms with Crippen molar-refractivity contribution in [1.82, 2.24) is 15.5 Å². The van der Waals surface area contributed by atoms with Gasteiger partial charge in [-0.15, -0.1) is 0 Å². The Labute approximate surface area is 165 Å². The number of sulfonamides is 1. The molecule has 4 N–H and O–H groups in total. The molecule has 2 aromatic carbocycles. The number of carbonyl (C=O) groups excluding carboxylic acids is 1. The predicted molar refractivity (Wildman–Crippen MR) is 106 cm³/mol. The van der Waals surface area contributed by atoms with E-state index in [4.69, 9.17) is 5.14 Å². The molecular formula is C18H17BrN4O3S. The number of nitrogens with one attached hydrogen (secondary N) is 2. The van der Waals surface area contributed by atoms with Gasteiger partial charge in [0.2, 0.25) is 10.0 Å². The average Bonchev–Trinajstić information content (AvgIpc) is 3.11. The van der Waals surface area contributed by atoms with Crippen molar-refractivity contribution in [3.8, 4) is 11.3 Å². The summed E-state index contributed by atoms with van der Waals surface area (Å²) in [4.78, 5) is 12.5. The van der Waals surface area contributed by atoms with E-state index in [1.165, 1.54) is 18.3 Å². The third-order valence-corrected chi connectivity index (χ3v) is 5.37. The number of rotatable bonds is 6. The summed E-state index contributed by atoms with van der Waals surface area (Å²) >= 11 is 3.41. The molecule has 3 rings (SSSR count). The first-order chi connectivity index (χ1) is 12.8. The van der Waals surface area contributed by atoms with E-state index in [2.05, 4.69) is 31.4 Å². The molecule has 0 saturated carbocycles. The van der Waals surface area contributed by atoms with Gasteiger partial charge >= 0.3 is 0 Å². The van der Waals surface area contributed by atoms with E-state index in [0.717, 1.165) is 15.6 Å². The van der Waals surface area contributed by atoms with Crippen LogP contribution in [0.15, 0.2) is 64.1 Å². The van der Waals surface area contributed by atoms with E-state index in [1.807, 2.05) is 24.3 Å². The van der Waals surface area contributed by atoms with Crippen LogP contribution in [0.5, 0.6) is 0 Å². The molecule has 7 nitrogen and oxygen atoms in total. The van der Waals surface area contributed by atoms with Gasteiger partial charge in [0.1, 0.15) is 0 Å². The summed E-state index contributed by atoms with van der Waals surface area (Å²) in [6.45, 7) is 0.399. The van der Waals surface area contributed by atoms with Crippen LogP contribution in [0.1, 0.15) is 15.9 Å². The van der Waals surface area contributed by atoms with Crippen molar-refractivity contribution in [3.05, 3.63) is 70.3 Å². The Kier molecular flexibility index (Phi) is 5.73. The van der Waals surface area contributed by atoms with Crippen LogP contribution in [0.25, 0.3) is 11.3 Å². The highest BCUT2D eigenvalue weighted by molar-refractivity contribution is 9.10. The van der Waals surface area contributed by atoms with E-state index in [-0.39, 0.29) is 10.8 Å². The summed E-state index contributed by atoms with van der Waals surface area (Å²) in [7, 11) is -3.70. The first kappa shape index (κ1) is 19.3. The number of aromatic amines is 1. The molecule has 0 aliphatic rings. The maximum absolute atomic E-state index is 12.5. The molecule has 0 bridgehead atoms. The van der Waals surface area contributed by atoms with Gasteiger partial charge in [-0.3, -0.25) is 9.89 Å². The van der Waals surface area contributed by atoms with Crippen molar-refractivity contribution in [2.45, 2.75) is 11.3 Å². The average molecular weight is 449 g/mol. The van der Waals surface area contributed by atoms with Crippen molar-refractivity contribution in [2.75, 3.05) is 6.54 Å². The van der Waals surface area contributed by atoms with Gasteiger partial charge in [0.05, 0.1) is 22.3 Å². The summed E-state index contributed by atoms with van der Waals surface area (Å²) in [5.74, 6) is -0.236. The number of nitrogens with zero attached hydrogens (tertiary/aromatic N) is 1. The normalized spacial score (nSPS) is 11.3. The van der Waals surface area contributed by atoms with E-state index in [9.17, 15) is 13.2 Å². The molecule has 3 aromatic rings. The van der Waals surface area contributed by atoms with Crippen LogP contribution in [0, 0.1) is 0 Å². The summed E-state index contributed by atoms with van der Waals surface area (Å²) in [5.41, 5.74) is 2.84. The van der Waals surface area contributed by atoms with Gasteiger partial charge in [0.15, 0.2) is 0 Å². The third kappa shape index (κ3) is 4.82. The first-order valence-corrected chi connectivity index (χ1v) is 10.4. The Bertz CT molecular complexity index is 1060. The van der Waals surface area contributed by atoms with Crippen LogP contribution in [-0.2, 0) is 16.4 Å². The predicted octanol–water partition coefficient (Wildman–Crippen LogP) is 2.46. The monoisotopic (exact) mass is 448 g/mol. The van der Waals surface area contributed by atoms with Crippen molar-refractivity contribution in [2.24, 2.45) is 5.14 Å². The molecule has 0 atom stereocenters. The number of aromatic nitrogens is 2. The molecule has 1 aromatic heterocycles. The number of carbonyl (C=O) groups is 1. The Morgan fingerprint density at radius 2 is 1.93 bits per heavy atom. The van der Waals surface area contributed by atoms with Gasteiger partial charge in [-0.05, 0) is 36.2 Å². The number of hydrogen-bond donors (Lipinski definition) is 3. The minimum Gasteiger partial charge on any atom is -0.352 e. The Balaban J connectivity index is 1.63. The van der Waals surface area contributed by atoms with Gasteiger partial charge < -0.3 is 5.32 Å². The fraction of sp³-hybridized carbons (Fsp3) is 0.111. The van der Waals surface area contributed by atoms with E-state index in [0.29, 0.717) is 24.2 Å². The first-order valence-electron chi connectivity index (χ1n) is 8.04. The number of benzene rings is 2. The van der Waals surface area contributed by atoms with Gasteiger partial charge in [-0.25, -0.2) is 13.6 Å². The number of halogens is 1. The minimum absolute atomic E-state index is 0.0624. The van der Waals surface area contributed by atoms with E-state index >= 15 is 0 Å². The lowest BCUT2D eigenvalue weighted by molar-refractivity contribution is 0.0955. The number of hydrogen-bond acceptors (Lipinski definition) is 4. The third-order valence-electron chi connectivity index (χ3n) is 3.95. The fourth-order valence-electron chi connectivity index (χ4n) is 2.58. The van der Waals surface area contributed by atoms with Gasteiger partial charge in [-0.1, -0.05) is 40.2 Å². The zero-order valence-corrected chi connectivity index (χ0v) is 16.5. The lowest BCUT2D eigenvalue weighted by Gasteiger charge is -2.07. The molecule has 1 amide bonds. The topological polar surface area (TPSA) is 118 Å². The molecule has 9 heteroatoms. The van der Waals surface area contributed by atoms with Crippen molar-refractivity contribution in [1.29, 1.82) is 0 Å². The second-order valence-corrected chi connectivity index (χ2v) is 8.34. The van der Waals surface area contributed by atoms with E-state index < -0.39 is 10.0 Å². The van der Waals surface area contributed by atoms with Crippen LogP contribution in [0.2, 0.25) is 0 Å². The maximum Gasteiger partial charge on any atom is 0.255 e. The lowest BCUT2D eigenvalue weighted by Crippen LogP contribution is -2.25. The molecule has 0 aliphatic heterocycles. The number of amides is 1. The standard InChI is InChI=1S/C18H17BrN4O3S/c19-14-3-1-2-13(10-14)17-16(11-22-23-17)18(24)21-9-8-12-4-6-15(7-5-12)27(20,25)26/h1-7,10-11H,8-9H2,(H,21,24)(H,22,23)(H2,20,25,26). The van der Waals surface area contributed by atoms with Crippen LogP contribution in [0.4, 0.5) is 0 Å².